The van der Waals surface area contributed by atoms with Crippen LogP contribution >= 0.6 is 0 Å². The predicted molar refractivity (Wildman–Crippen MR) is 132 cm³/mol. The van der Waals surface area contributed by atoms with Crippen LogP contribution in [-0.4, -0.2) is 44.9 Å². The Hall–Kier alpha value is -3.22. The van der Waals surface area contributed by atoms with E-state index in [-0.39, 0.29) is 48.5 Å². The number of anilines is 1. The number of amides is 2. The average Bonchev–Trinajstić information content (AvgIpc) is 3.39. The minimum Gasteiger partial charge on any atom is -0.336 e. The largest absolute Gasteiger partial charge is 0.336 e. The van der Waals surface area contributed by atoms with Gasteiger partial charge in [-0.25, -0.2) is 9.37 Å². The van der Waals surface area contributed by atoms with Gasteiger partial charge in [-0.15, -0.1) is 0 Å². The number of hydrogen-bond acceptors (Lipinski definition) is 3. The van der Waals surface area contributed by atoms with Crippen LogP contribution in [0.4, 0.5) is 10.1 Å². The number of hydrogen-bond donors (Lipinski definition) is 0. The summed E-state index contributed by atoms with van der Waals surface area (Å²) in [4.78, 5) is 34.8. The van der Waals surface area contributed by atoms with E-state index < -0.39 is 5.82 Å². The highest BCUT2D eigenvalue weighted by Gasteiger charge is 2.36. The van der Waals surface area contributed by atoms with Crippen molar-refractivity contribution >= 4 is 28.5 Å². The maximum absolute atomic E-state index is 14.4. The highest BCUT2D eigenvalue weighted by molar-refractivity contribution is 5.96. The van der Waals surface area contributed by atoms with Crippen molar-refractivity contribution in [3.05, 3.63) is 60.2 Å². The molecule has 3 aromatic rings. The first-order valence-electron chi connectivity index (χ1n) is 12.2. The summed E-state index contributed by atoms with van der Waals surface area (Å²) >= 11 is 0. The second-order valence-electron chi connectivity index (χ2n) is 9.22. The van der Waals surface area contributed by atoms with Crippen LogP contribution in [0.2, 0.25) is 0 Å². The number of nitrogens with zero attached hydrogens (tertiary/aromatic N) is 4. The van der Waals surface area contributed by atoms with Crippen LogP contribution in [-0.2, 0) is 16.1 Å². The lowest BCUT2D eigenvalue weighted by Gasteiger charge is -2.34. The van der Waals surface area contributed by atoms with E-state index in [1.165, 1.54) is 11.0 Å². The molecule has 34 heavy (non-hydrogen) atoms. The molecule has 1 saturated heterocycles. The van der Waals surface area contributed by atoms with E-state index in [1.807, 2.05) is 33.7 Å². The van der Waals surface area contributed by atoms with Gasteiger partial charge in [-0.3, -0.25) is 9.59 Å². The number of aromatic nitrogens is 2. The van der Waals surface area contributed by atoms with Crippen LogP contribution in [0.5, 0.6) is 0 Å². The third-order valence-electron chi connectivity index (χ3n) is 7.03. The quantitative estimate of drug-likeness (QED) is 0.465. The fourth-order valence-corrected chi connectivity index (χ4v) is 4.89. The van der Waals surface area contributed by atoms with Gasteiger partial charge in [0.1, 0.15) is 18.2 Å². The lowest BCUT2D eigenvalue weighted by atomic mass is 10.1. The average molecular weight is 465 g/mol. The summed E-state index contributed by atoms with van der Waals surface area (Å²) in [6.45, 7) is 8.84. The van der Waals surface area contributed by atoms with Crippen molar-refractivity contribution in [1.29, 1.82) is 0 Å². The summed E-state index contributed by atoms with van der Waals surface area (Å²) in [6.07, 6.45) is 1.98. The molecular formula is C27H33FN4O2. The topological polar surface area (TPSA) is 58.4 Å². The van der Waals surface area contributed by atoms with E-state index in [2.05, 4.69) is 27.7 Å². The molecule has 0 bridgehead atoms. The van der Waals surface area contributed by atoms with E-state index in [4.69, 9.17) is 4.98 Å². The second kappa shape index (κ2) is 9.95. The first-order valence-corrected chi connectivity index (χ1v) is 12.2. The smallest absolute Gasteiger partial charge is 0.243 e. The molecule has 180 valence electrons. The fraction of sp³-hybridized carbons (Fsp3) is 0.444. The van der Waals surface area contributed by atoms with Gasteiger partial charge in [0, 0.05) is 31.0 Å². The van der Waals surface area contributed by atoms with Gasteiger partial charge in [0.15, 0.2) is 0 Å². The molecule has 2 amide bonds. The maximum atomic E-state index is 14.4. The molecule has 1 aromatic heterocycles. The highest BCUT2D eigenvalue weighted by Crippen LogP contribution is 2.34. The van der Waals surface area contributed by atoms with Crippen LogP contribution < -0.4 is 4.90 Å². The highest BCUT2D eigenvalue weighted by atomic mass is 19.1. The Morgan fingerprint density at radius 1 is 1.09 bits per heavy atom. The molecule has 1 aliphatic heterocycles. The number of carbonyl (C=O) groups is 2. The van der Waals surface area contributed by atoms with Crippen molar-refractivity contribution < 1.29 is 14.0 Å². The van der Waals surface area contributed by atoms with Crippen molar-refractivity contribution in [2.45, 2.75) is 71.5 Å². The Balaban J connectivity index is 1.69. The molecule has 1 aliphatic rings. The summed E-state index contributed by atoms with van der Waals surface area (Å²) in [5, 5.41) is 0. The van der Waals surface area contributed by atoms with Crippen LogP contribution in [0, 0.1) is 5.82 Å². The predicted octanol–water partition coefficient (Wildman–Crippen LogP) is 5.12. The number of halogens is 1. The lowest BCUT2D eigenvalue weighted by molar-refractivity contribution is -0.136. The third kappa shape index (κ3) is 4.43. The number of benzene rings is 2. The zero-order valence-electron chi connectivity index (χ0n) is 20.4. The van der Waals surface area contributed by atoms with Gasteiger partial charge < -0.3 is 14.4 Å². The Kier molecular flexibility index (Phi) is 7.00. The van der Waals surface area contributed by atoms with Gasteiger partial charge in [-0.2, -0.15) is 0 Å². The monoisotopic (exact) mass is 464 g/mol. The van der Waals surface area contributed by atoms with Gasteiger partial charge in [-0.05, 0) is 51.0 Å². The Morgan fingerprint density at radius 3 is 2.41 bits per heavy atom. The number of rotatable bonds is 8. The van der Waals surface area contributed by atoms with E-state index in [1.54, 1.807) is 18.2 Å². The minimum absolute atomic E-state index is 0.0448. The first-order chi connectivity index (χ1) is 16.3. The number of carbonyl (C=O) groups excluding carboxylic acids is 2. The molecule has 0 saturated carbocycles. The number of imidazole rings is 1. The number of para-hydroxylation sites is 3. The van der Waals surface area contributed by atoms with E-state index in [0.29, 0.717) is 12.4 Å². The molecule has 2 heterocycles. The molecular weight excluding hydrogens is 431 g/mol. The van der Waals surface area contributed by atoms with Crippen molar-refractivity contribution in [3.63, 3.8) is 0 Å². The van der Waals surface area contributed by atoms with Gasteiger partial charge in [0.25, 0.3) is 0 Å². The summed E-state index contributed by atoms with van der Waals surface area (Å²) in [5.74, 6) is -0.0369. The van der Waals surface area contributed by atoms with Gasteiger partial charge >= 0.3 is 0 Å². The van der Waals surface area contributed by atoms with Crippen molar-refractivity contribution in [2.75, 3.05) is 11.4 Å². The molecule has 2 aromatic carbocycles. The Morgan fingerprint density at radius 2 is 1.74 bits per heavy atom. The molecule has 1 fully saturated rings. The summed E-state index contributed by atoms with van der Waals surface area (Å²) < 4.78 is 16.4. The van der Waals surface area contributed by atoms with E-state index >= 15 is 0 Å². The summed E-state index contributed by atoms with van der Waals surface area (Å²) in [6, 6.07) is 14.3. The maximum Gasteiger partial charge on any atom is 0.243 e. The minimum atomic E-state index is -0.419. The molecule has 6 nitrogen and oxygen atoms in total. The van der Waals surface area contributed by atoms with E-state index in [0.717, 1.165) is 23.9 Å². The van der Waals surface area contributed by atoms with Crippen molar-refractivity contribution in [1.82, 2.24) is 14.5 Å². The summed E-state index contributed by atoms with van der Waals surface area (Å²) in [7, 11) is 0. The molecule has 7 heteroatoms. The molecule has 3 unspecified atom stereocenters. The molecule has 4 rings (SSSR count). The molecule has 0 spiro atoms. The van der Waals surface area contributed by atoms with Crippen LogP contribution in [0.25, 0.3) is 11.0 Å². The molecule has 3 atom stereocenters. The van der Waals surface area contributed by atoms with E-state index in [9.17, 15) is 14.0 Å². The van der Waals surface area contributed by atoms with Crippen LogP contribution in [0.3, 0.4) is 0 Å². The van der Waals surface area contributed by atoms with Gasteiger partial charge in [-0.1, -0.05) is 38.1 Å². The zero-order chi connectivity index (χ0) is 24.4. The standard InChI is InChI=1S/C27H33FN4O2/c1-5-18(3)32(19(4)6-2)26(34)17-31-24-14-10-8-12-22(24)29-27(31)20-15-25(33)30(16-20)23-13-9-7-11-21(23)28/h7-14,18-20H,5-6,15-17H2,1-4H3. The third-order valence-corrected chi connectivity index (χ3v) is 7.03. The SMILES string of the molecule is CCC(C)N(C(=O)Cn1c(C2CC(=O)N(c3ccccc3F)C2)nc2ccccc21)C(C)CC. The normalized spacial score (nSPS) is 17.9. The lowest BCUT2D eigenvalue weighted by Crippen LogP contribution is -2.46. The Bertz CT molecular complexity index is 1180. The van der Waals surface area contributed by atoms with Crippen LogP contribution in [0.1, 0.15) is 58.7 Å². The van der Waals surface area contributed by atoms with Crippen LogP contribution in [0.15, 0.2) is 48.5 Å². The van der Waals surface area contributed by atoms with Gasteiger partial charge in [0.2, 0.25) is 11.8 Å². The molecule has 0 radical (unpaired) electrons. The molecule has 0 aliphatic carbocycles. The summed E-state index contributed by atoms with van der Waals surface area (Å²) in [5.41, 5.74) is 1.95. The fourth-order valence-electron chi connectivity index (χ4n) is 4.89. The molecule has 0 N–H and O–H groups in total. The Labute approximate surface area is 200 Å². The number of fused-ring (bicyclic) bond motifs is 1. The first kappa shape index (κ1) is 23.9. The van der Waals surface area contributed by atoms with Crippen molar-refractivity contribution in [3.8, 4) is 0 Å². The van der Waals surface area contributed by atoms with Crippen molar-refractivity contribution in [2.24, 2.45) is 0 Å². The van der Waals surface area contributed by atoms with Gasteiger partial charge in [0.05, 0.1) is 16.7 Å². The zero-order valence-corrected chi connectivity index (χ0v) is 20.4. The second-order valence-corrected chi connectivity index (χ2v) is 9.22.